The zero-order valence-electron chi connectivity index (χ0n) is 11.4. The van der Waals surface area contributed by atoms with Crippen molar-refractivity contribution in [2.24, 2.45) is 5.73 Å². The SMILES string of the molecule is CS(=O)(=O)CCC(N)C(=O)NCc1cccc(CO)c1. The third-order valence-electron chi connectivity index (χ3n) is 2.78. The molecule has 0 heterocycles. The van der Waals surface area contributed by atoms with Crippen LogP contribution in [0.4, 0.5) is 0 Å². The van der Waals surface area contributed by atoms with E-state index in [-0.39, 0.29) is 24.7 Å². The van der Waals surface area contributed by atoms with E-state index in [4.69, 9.17) is 10.8 Å². The molecule has 0 bridgehead atoms. The van der Waals surface area contributed by atoms with Crippen LogP contribution in [0.2, 0.25) is 0 Å². The van der Waals surface area contributed by atoms with Crippen LogP contribution in [0.15, 0.2) is 24.3 Å². The molecule has 6 nitrogen and oxygen atoms in total. The molecule has 1 rings (SSSR count). The summed E-state index contributed by atoms with van der Waals surface area (Å²) in [6.45, 7) is 0.231. The molecule has 0 spiro atoms. The van der Waals surface area contributed by atoms with Crippen molar-refractivity contribution in [1.29, 1.82) is 0 Å². The van der Waals surface area contributed by atoms with Crippen molar-refractivity contribution in [3.05, 3.63) is 35.4 Å². The third-order valence-corrected chi connectivity index (χ3v) is 3.75. The molecule has 20 heavy (non-hydrogen) atoms. The fraction of sp³-hybridized carbons (Fsp3) is 0.462. The van der Waals surface area contributed by atoms with Crippen LogP contribution in [0.25, 0.3) is 0 Å². The van der Waals surface area contributed by atoms with Crippen LogP contribution >= 0.6 is 0 Å². The van der Waals surface area contributed by atoms with Gasteiger partial charge < -0.3 is 16.2 Å². The minimum absolute atomic E-state index is 0.0599. The molecule has 112 valence electrons. The zero-order chi connectivity index (χ0) is 15.2. The topological polar surface area (TPSA) is 109 Å². The summed E-state index contributed by atoms with van der Waals surface area (Å²) in [6.07, 6.45) is 1.21. The molecule has 1 aromatic rings. The van der Waals surface area contributed by atoms with Crippen LogP contribution in [-0.4, -0.2) is 37.5 Å². The van der Waals surface area contributed by atoms with Crippen LogP contribution < -0.4 is 11.1 Å². The Balaban J connectivity index is 2.46. The summed E-state index contributed by atoms with van der Waals surface area (Å²) < 4.78 is 22.0. The van der Waals surface area contributed by atoms with Gasteiger partial charge in [0.15, 0.2) is 0 Å². The number of benzene rings is 1. The Morgan fingerprint density at radius 2 is 2.05 bits per heavy atom. The molecule has 7 heteroatoms. The van der Waals surface area contributed by atoms with Gasteiger partial charge in [0.05, 0.1) is 18.4 Å². The largest absolute Gasteiger partial charge is 0.392 e. The predicted octanol–water partition coefficient (Wildman–Crippen LogP) is -0.443. The Hall–Kier alpha value is -1.44. The van der Waals surface area contributed by atoms with E-state index in [0.29, 0.717) is 6.54 Å². The van der Waals surface area contributed by atoms with E-state index in [1.807, 2.05) is 6.07 Å². The van der Waals surface area contributed by atoms with Gasteiger partial charge in [0.2, 0.25) is 5.91 Å². The molecule has 0 fully saturated rings. The van der Waals surface area contributed by atoms with Gasteiger partial charge in [0.25, 0.3) is 0 Å². The third kappa shape index (κ3) is 6.14. The van der Waals surface area contributed by atoms with Gasteiger partial charge in [-0.15, -0.1) is 0 Å². The highest BCUT2D eigenvalue weighted by Gasteiger charge is 2.15. The number of sulfone groups is 1. The normalized spacial score (nSPS) is 12.9. The first-order valence-corrected chi connectivity index (χ1v) is 8.27. The molecular formula is C13H20N2O4S. The molecule has 4 N–H and O–H groups in total. The maximum Gasteiger partial charge on any atom is 0.237 e. The van der Waals surface area contributed by atoms with E-state index < -0.39 is 15.9 Å². The molecule has 0 radical (unpaired) electrons. The number of carbonyl (C=O) groups excluding carboxylic acids is 1. The van der Waals surface area contributed by atoms with Gasteiger partial charge in [-0.3, -0.25) is 4.79 Å². The van der Waals surface area contributed by atoms with E-state index in [1.54, 1.807) is 18.2 Å². The van der Waals surface area contributed by atoms with Crippen molar-refractivity contribution >= 4 is 15.7 Å². The molecule has 0 saturated carbocycles. The molecule has 0 aliphatic carbocycles. The summed E-state index contributed by atoms with van der Waals surface area (Å²) >= 11 is 0. The van der Waals surface area contributed by atoms with Gasteiger partial charge in [-0.2, -0.15) is 0 Å². The number of hydrogen-bond acceptors (Lipinski definition) is 5. The van der Waals surface area contributed by atoms with Crippen LogP contribution in [0, 0.1) is 0 Å². The van der Waals surface area contributed by atoms with Gasteiger partial charge in [-0.05, 0) is 17.5 Å². The van der Waals surface area contributed by atoms with Gasteiger partial charge in [0, 0.05) is 12.8 Å². The van der Waals surface area contributed by atoms with Crippen LogP contribution in [0.3, 0.4) is 0 Å². The maximum atomic E-state index is 11.7. The highest BCUT2D eigenvalue weighted by atomic mass is 32.2. The van der Waals surface area contributed by atoms with E-state index in [1.165, 1.54) is 0 Å². The molecule has 1 amide bonds. The molecule has 0 aliphatic heterocycles. The molecule has 0 saturated heterocycles. The average Bonchev–Trinajstić information content (AvgIpc) is 2.41. The summed E-state index contributed by atoms with van der Waals surface area (Å²) in [7, 11) is -3.12. The maximum absolute atomic E-state index is 11.7. The molecule has 0 aromatic heterocycles. The minimum Gasteiger partial charge on any atom is -0.392 e. The number of rotatable bonds is 7. The summed E-state index contributed by atoms with van der Waals surface area (Å²) in [5, 5.41) is 11.7. The summed E-state index contributed by atoms with van der Waals surface area (Å²) in [5.74, 6) is -0.496. The lowest BCUT2D eigenvalue weighted by atomic mass is 10.1. The van der Waals surface area contributed by atoms with E-state index in [2.05, 4.69) is 5.32 Å². The van der Waals surface area contributed by atoms with Crippen molar-refractivity contribution in [2.75, 3.05) is 12.0 Å². The van der Waals surface area contributed by atoms with Crippen molar-refractivity contribution in [3.63, 3.8) is 0 Å². The standard InChI is InChI=1S/C13H20N2O4S/c1-20(18,19)6-5-12(14)13(17)15-8-10-3-2-4-11(7-10)9-16/h2-4,7,12,16H,5-6,8-9,14H2,1H3,(H,15,17). The minimum atomic E-state index is -3.12. The predicted molar refractivity (Wildman–Crippen MR) is 76.5 cm³/mol. The molecule has 1 unspecified atom stereocenters. The molecule has 1 atom stereocenters. The van der Waals surface area contributed by atoms with Crippen LogP contribution in [0.5, 0.6) is 0 Å². The Morgan fingerprint density at radius 3 is 2.65 bits per heavy atom. The Kier molecular flexibility index (Phi) is 6.12. The zero-order valence-corrected chi connectivity index (χ0v) is 12.2. The average molecular weight is 300 g/mol. The van der Waals surface area contributed by atoms with Crippen molar-refractivity contribution in [3.8, 4) is 0 Å². The van der Waals surface area contributed by atoms with E-state index >= 15 is 0 Å². The second kappa shape index (κ2) is 7.37. The first kappa shape index (κ1) is 16.6. The van der Waals surface area contributed by atoms with Gasteiger partial charge in [-0.25, -0.2) is 8.42 Å². The van der Waals surface area contributed by atoms with Crippen molar-refractivity contribution < 1.29 is 18.3 Å². The lowest BCUT2D eigenvalue weighted by molar-refractivity contribution is -0.122. The monoisotopic (exact) mass is 300 g/mol. The van der Waals surface area contributed by atoms with Crippen molar-refractivity contribution in [2.45, 2.75) is 25.6 Å². The smallest absolute Gasteiger partial charge is 0.237 e. The summed E-state index contributed by atoms with van der Waals surface area (Å²) in [5.41, 5.74) is 7.24. The molecule has 1 aromatic carbocycles. The Bertz CT molecular complexity index is 557. The van der Waals surface area contributed by atoms with Crippen molar-refractivity contribution in [1.82, 2.24) is 5.32 Å². The number of aliphatic hydroxyl groups excluding tert-OH is 1. The fourth-order valence-electron chi connectivity index (χ4n) is 1.63. The second-order valence-electron chi connectivity index (χ2n) is 4.72. The van der Waals surface area contributed by atoms with Gasteiger partial charge in [-0.1, -0.05) is 24.3 Å². The lowest BCUT2D eigenvalue weighted by Gasteiger charge is -2.12. The number of aliphatic hydroxyl groups is 1. The Labute approximate surface area is 118 Å². The number of amides is 1. The second-order valence-corrected chi connectivity index (χ2v) is 6.98. The lowest BCUT2D eigenvalue weighted by Crippen LogP contribution is -2.41. The number of hydrogen-bond donors (Lipinski definition) is 3. The van der Waals surface area contributed by atoms with E-state index in [9.17, 15) is 13.2 Å². The quantitative estimate of drug-likeness (QED) is 0.632. The first-order valence-electron chi connectivity index (χ1n) is 6.21. The Morgan fingerprint density at radius 1 is 1.40 bits per heavy atom. The van der Waals surface area contributed by atoms with E-state index in [0.717, 1.165) is 17.4 Å². The highest BCUT2D eigenvalue weighted by molar-refractivity contribution is 7.90. The molecule has 0 aliphatic rings. The van der Waals surface area contributed by atoms with Crippen LogP contribution in [0.1, 0.15) is 17.5 Å². The number of nitrogens with two attached hydrogens (primary N) is 1. The fourth-order valence-corrected chi connectivity index (χ4v) is 2.31. The van der Waals surface area contributed by atoms with Gasteiger partial charge in [0.1, 0.15) is 9.84 Å². The number of nitrogens with one attached hydrogen (secondary N) is 1. The molecular weight excluding hydrogens is 280 g/mol. The number of carbonyl (C=O) groups is 1. The first-order chi connectivity index (χ1) is 9.31. The summed E-state index contributed by atoms with van der Waals surface area (Å²) in [4.78, 5) is 11.7. The van der Waals surface area contributed by atoms with Crippen LogP contribution in [-0.2, 0) is 27.8 Å². The van der Waals surface area contributed by atoms with Gasteiger partial charge >= 0.3 is 0 Å². The summed E-state index contributed by atoms with van der Waals surface area (Å²) in [6, 6.07) is 6.33. The highest BCUT2D eigenvalue weighted by Crippen LogP contribution is 2.05.